The molecule has 0 aliphatic heterocycles. The van der Waals surface area contributed by atoms with E-state index in [4.69, 9.17) is 0 Å². The predicted molar refractivity (Wildman–Crippen MR) is 75.6 cm³/mol. The first-order valence-electron chi connectivity index (χ1n) is 6.89. The van der Waals surface area contributed by atoms with E-state index in [0.29, 0.717) is 5.69 Å². The molecule has 0 saturated heterocycles. The Bertz CT molecular complexity index is 549. The van der Waals surface area contributed by atoms with Crippen LogP contribution in [0.5, 0.6) is 0 Å². The summed E-state index contributed by atoms with van der Waals surface area (Å²) in [7, 11) is 0. The van der Waals surface area contributed by atoms with Crippen molar-refractivity contribution in [3.8, 4) is 0 Å². The minimum absolute atomic E-state index is 0.0192. The zero-order chi connectivity index (χ0) is 17.5. The molecule has 8 heteroatoms. The van der Waals surface area contributed by atoms with Crippen LogP contribution in [0.1, 0.15) is 24.8 Å². The standard InChI is InChI=1S/C15H17F4NO3/c1-10-5-2-3-6-11(10)20-12(21)7-4-8-13(22)23-9-15(18,19)14(16)17/h2-3,5-6,14H,4,7-9H2,1H3,(H,20,21). The average molecular weight is 335 g/mol. The summed E-state index contributed by atoms with van der Waals surface area (Å²) in [5, 5.41) is 2.64. The fourth-order valence-electron chi connectivity index (χ4n) is 1.63. The Morgan fingerprint density at radius 2 is 1.87 bits per heavy atom. The smallest absolute Gasteiger partial charge is 0.340 e. The number of carbonyl (C=O) groups is 2. The van der Waals surface area contributed by atoms with E-state index in [-0.39, 0.29) is 25.2 Å². The van der Waals surface area contributed by atoms with Gasteiger partial charge in [0.25, 0.3) is 0 Å². The van der Waals surface area contributed by atoms with Crippen molar-refractivity contribution in [2.75, 3.05) is 11.9 Å². The lowest BCUT2D eigenvalue weighted by atomic mass is 10.2. The molecule has 0 heterocycles. The zero-order valence-electron chi connectivity index (χ0n) is 12.5. The molecule has 1 N–H and O–H groups in total. The van der Waals surface area contributed by atoms with Crippen LogP contribution < -0.4 is 5.32 Å². The Kier molecular flexibility index (Phi) is 6.99. The number of rotatable bonds is 8. The van der Waals surface area contributed by atoms with E-state index >= 15 is 0 Å². The number of alkyl halides is 4. The van der Waals surface area contributed by atoms with Crippen LogP contribution in [0, 0.1) is 6.92 Å². The Labute approximate surface area is 130 Å². The van der Waals surface area contributed by atoms with E-state index in [9.17, 15) is 27.2 Å². The molecule has 0 aromatic heterocycles. The van der Waals surface area contributed by atoms with Gasteiger partial charge < -0.3 is 10.1 Å². The number of carbonyl (C=O) groups excluding carboxylic acids is 2. The van der Waals surface area contributed by atoms with Crippen molar-refractivity contribution in [2.45, 2.75) is 38.5 Å². The topological polar surface area (TPSA) is 55.4 Å². The van der Waals surface area contributed by atoms with Gasteiger partial charge in [0.15, 0.2) is 6.61 Å². The van der Waals surface area contributed by atoms with Crippen molar-refractivity contribution < 1.29 is 31.9 Å². The highest BCUT2D eigenvalue weighted by atomic mass is 19.3. The SMILES string of the molecule is Cc1ccccc1NC(=O)CCCC(=O)OCC(F)(F)C(F)F. The first-order valence-corrected chi connectivity index (χ1v) is 6.89. The van der Waals surface area contributed by atoms with Gasteiger partial charge >= 0.3 is 18.3 Å². The minimum Gasteiger partial charge on any atom is -0.459 e. The van der Waals surface area contributed by atoms with Crippen molar-refractivity contribution in [3.05, 3.63) is 29.8 Å². The summed E-state index contributed by atoms with van der Waals surface area (Å²) in [6.07, 6.45) is -4.15. The van der Waals surface area contributed by atoms with E-state index in [1.165, 1.54) is 0 Å². The number of halogens is 4. The maximum atomic E-state index is 12.5. The Morgan fingerprint density at radius 1 is 1.22 bits per heavy atom. The molecule has 1 rings (SSSR count). The lowest BCUT2D eigenvalue weighted by Crippen LogP contribution is -2.33. The van der Waals surface area contributed by atoms with Crippen LogP contribution in [0.3, 0.4) is 0 Å². The molecule has 23 heavy (non-hydrogen) atoms. The Morgan fingerprint density at radius 3 is 2.48 bits per heavy atom. The molecule has 0 unspecified atom stereocenters. The number of esters is 1. The molecule has 0 bridgehead atoms. The third kappa shape index (κ3) is 6.66. The second-order valence-electron chi connectivity index (χ2n) is 4.94. The minimum atomic E-state index is -4.36. The second-order valence-corrected chi connectivity index (χ2v) is 4.94. The van der Waals surface area contributed by atoms with Crippen molar-refractivity contribution in [2.24, 2.45) is 0 Å². The van der Waals surface area contributed by atoms with Gasteiger partial charge in [-0.05, 0) is 25.0 Å². The van der Waals surface area contributed by atoms with Gasteiger partial charge in [-0.1, -0.05) is 18.2 Å². The monoisotopic (exact) mass is 335 g/mol. The van der Waals surface area contributed by atoms with Crippen LogP contribution in [0.2, 0.25) is 0 Å². The molecule has 0 radical (unpaired) electrons. The van der Waals surface area contributed by atoms with Gasteiger partial charge in [0.1, 0.15) is 0 Å². The summed E-state index contributed by atoms with van der Waals surface area (Å²) >= 11 is 0. The summed E-state index contributed by atoms with van der Waals surface area (Å²) in [4.78, 5) is 22.8. The van der Waals surface area contributed by atoms with Gasteiger partial charge in [-0.2, -0.15) is 8.78 Å². The third-order valence-corrected chi connectivity index (χ3v) is 2.95. The number of aryl methyl sites for hydroxylation is 1. The van der Waals surface area contributed by atoms with Crippen molar-refractivity contribution >= 4 is 17.6 Å². The first kappa shape index (κ1) is 18.9. The molecule has 1 aromatic carbocycles. The van der Waals surface area contributed by atoms with Gasteiger partial charge in [-0.15, -0.1) is 0 Å². The summed E-state index contributed by atoms with van der Waals surface area (Å²) in [5.41, 5.74) is 1.51. The van der Waals surface area contributed by atoms with E-state index in [0.717, 1.165) is 5.56 Å². The molecule has 0 aliphatic carbocycles. The summed E-state index contributed by atoms with van der Waals surface area (Å²) in [5.74, 6) is -5.75. The van der Waals surface area contributed by atoms with Crippen LogP contribution in [-0.4, -0.2) is 30.8 Å². The fraction of sp³-hybridized carbons (Fsp3) is 0.467. The maximum Gasteiger partial charge on any atom is 0.340 e. The highest BCUT2D eigenvalue weighted by Gasteiger charge is 2.42. The van der Waals surface area contributed by atoms with E-state index in [1.54, 1.807) is 12.1 Å². The number of amides is 1. The third-order valence-electron chi connectivity index (χ3n) is 2.95. The Balaban J connectivity index is 2.27. The lowest BCUT2D eigenvalue weighted by molar-refractivity contribution is -0.179. The van der Waals surface area contributed by atoms with Gasteiger partial charge in [-0.3, -0.25) is 9.59 Å². The lowest BCUT2D eigenvalue weighted by Gasteiger charge is -2.14. The van der Waals surface area contributed by atoms with E-state index in [1.807, 2.05) is 19.1 Å². The quantitative estimate of drug-likeness (QED) is 0.584. The Hall–Kier alpha value is -2.12. The maximum absolute atomic E-state index is 12.5. The molecular formula is C15H17F4NO3. The molecule has 128 valence electrons. The molecule has 1 aromatic rings. The van der Waals surface area contributed by atoms with Crippen LogP contribution in [0.25, 0.3) is 0 Å². The van der Waals surface area contributed by atoms with E-state index < -0.39 is 24.9 Å². The molecule has 0 spiro atoms. The van der Waals surface area contributed by atoms with E-state index in [2.05, 4.69) is 10.1 Å². The van der Waals surface area contributed by atoms with Crippen LogP contribution in [0.15, 0.2) is 24.3 Å². The number of anilines is 1. The highest BCUT2D eigenvalue weighted by molar-refractivity contribution is 5.91. The predicted octanol–water partition coefficient (Wildman–Crippen LogP) is 3.55. The van der Waals surface area contributed by atoms with Crippen molar-refractivity contribution in [1.82, 2.24) is 0 Å². The van der Waals surface area contributed by atoms with Crippen LogP contribution >= 0.6 is 0 Å². The molecule has 4 nitrogen and oxygen atoms in total. The number of benzene rings is 1. The summed E-state index contributed by atoms with van der Waals surface area (Å²) in [6.45, 7) is 0.148. The van der Waals surface area contributed by atoms with Gasteiger partial charge in [0.2, 0.25) is 5.91 Å². The normalized spacial score (nSPS) is 11.4. The van der Waals surface area contributed by atoms with Gasteiger partial charge in [-0.25, -0.2) is 8.78 Å². The molecule has 0 fully saturated rings. The largest absolute Gasteiger partial charge is 0.459 e. The summed E-state index contributed by atoms with van der Waals surface area (Å²) in [6, 6.07) is 7.10. The zero-order valence-corrected chi connectivity index (χ0v) is 12.5. The highest BCUT2D eigenvalue weighted by Crippen LogP contribution is 2.23. The number of hydrogen-bond donors (Lipinski definition) is 1. The number of ether oxygens (including phenoxy) is 1. The number of hydrogen-bond acceptors (Lipinski definition) is 3. The first-order chi connectivity index (χ1) is 10.7. The van der Waals surface area contributed by atoms with Crippen LogP contribution in [0.4, 0.5) is 23.2 Å². The molecule has 0 aliphatic rings. The van der Waals surface area contributed by atoms with Crippen molar-refractivity contribution in [3.63, 3.8) is 0 Å². The fourth-order valence-corrected chi connectivity index (χ4v) is 1.63. The van der Waals surface area contributed by atoms with Crippen molar-refractivity contribution in [1.29, 1.82) is 0 Å². The second kappa shape index (κ2) is 8.50. The molecule has 0 atom stereocenters. The van der Waals surface area contributed by atoms with Crippen LogP contribution in [-0.2, 0) is 14.3 Å². The number of nitrogens with one attached hydrogen (secondary N) is 1. The molecule has 0 saturated carbocycles. The van der Waals surface area contributed by atoms with Gasteiger partial charge in [0.05, 0.1) is 0 Å². The van der Waals surface area contributed by atoms with Gasteiger partial charge in [0, 0.05) is 18.5 Å². The molecule has 1 amide bonds. The number of para-hydroxylation sites is 1. The average Bonchev–Trinajstić information content (AvgIpc) is 2.47. The molecular weight excluding hydrogens is 318 g/mol. The summed E-state index contributed by atoms with van der Waals surface area (Å²) < 4.78 is 52.9.